The summed E-state index contributed by atoms with van der Waals surface area (Å²) in [5.41, 5.74) is 4.54. The standard InChI is InChI=1S/C24H26N4O/c1-3-28(23(29)21-13-12-19-10-7-11-20(19)16-21)22-14-15-25-24(27-22)26-17(2)18-8-5-4-6-9-18/h4-6,8-9,12-17H,3,7,10-11H2,1-2H3,(H,25,26,27)/t17-/m1/s1. The molecule has 0 radical (unpaired) electrons. The van der Waals surface area contributed by atoms with Gasteiger partial charge in [0, 0.05) is 18.3 Å². The van der Waals surface area contributed by atoms with Crippen LogP contribution in [-0.2, 0) is 12.8 Å². The van der Waals surface area contributed by atoms with E-state index in [0.29, 0.717) is 18.3 Å². The number of aryl methyl sites for hydroxylation is 2. The fourth-order valence-corrected chi connectivity index (χ4v) is 3.86. The van der Waals surface area contributed by atoms with Gasteiger partial charge >= 0.3 is 0 Å². The summed E-state index contributed by atoms with van der Waals surface area (Å²) in [6, 6.07) is 18.1. The van der Waals surface area contributed by atoms with Crippen LogP contribution >= 0.6 is 0 Å². The van der Waals surface area contributed by atoms with E-state index in [1.807, 2.05) is 37.3 Å². The molecule has 0 unspecified atom stereocenters. The van der Waals surface area contributed by atoms with Crippen LogP contribution in [0.25, 0.3) is 0 Å². The Morgan fingerprint density at radius 1 is 1.10 bits per heavy atom. The lowest BCUT2D eigenvalue weighted by Gasteiger charge is -2.21. The van der Waals surface area contributed by atoms with Crippen molar-refractivity contribution < 1.29 is 4.79 Å². The number of hydrogen-bond donors (Lipinski definition) is 1. The highest BCUT2D eigenvalue weighted by Crippen LogP contribution is 2.25. The number of nitrogens with zero attached hydrogens (tertiary/aromatic N) is 3. The fourth-order valence-electron chi connectivity index (χ4n) is 3.86. The molecule has 5 heteroatoms. The van der Waals surface area contributed by atoms with Gasteiger partial charge in [-0.25, -0.2) is 4.98 Å². The Morgan fingerprint density at radius 2 is 1.90 bits per heavy atom. The summed E-state index contributed by atoms with van der Waals surface area (Å²) in [6.07, 6.45) is 5.04. The van der Waals surface area contributed by atoms with Crippen molar-refractivity contribution in [3.05, 3.63) is 83.0 Å². The maximum absolute atomic E-state index is 13.2. The van der Waals surface area contributed by atoms with Crippen molar-refractivity contribution >= 4 is 17.7 Å². The highest BCUT2D eigenvalue weighted by molar-refractivity contribution is 6.05. The highest BCUT2D eigenvalue weighted by atomic mass is 16.2. The lowest BCUT2D eigenvalue weighted by atomic mass is 10.1. The first-order chi connectivity index (χ1) is 14.2. The van der Waals surface area contributed by atoms with Crippen molar-refractivity contribution in [1.29, 1.82) is 0 Å². The number of amides is 1. The molecule has 0 saturated carbocycles. The zero-order valence-corrected chi connectivity index (χ0v) is 16.9. The van der Waals surface area contributed by atoms with Gasteiger partial charge in [-0.05, 0) is 68.0 Å². The molecule has 0 aliphatic heterocycles. The van der Waals surface area contributed by atoms with Crippen LogP contribution in [0.15, 0.2) is 60.8 Å². The third-order valence-electron chi connectivity index (χ3n) is 5.47. The van der Waals surface area contributed by atoms with Crippen LogP contribution in [0.3, 0.4) is 0 Å². The van der Waals surface area contributed by atoms with Crippen LogP contribution in [0.2, 0.25) is 0 Å². The highest BCUT2D eigenvalue weighted by Gasteiger charge is 2.20. The Balaban J connectivity index is 1.54. The molecule has 0 saturated heterocycles. The van der Waals surface area contributed by atoms with E-state index in [9.17, 15) is 4.79 Å². The number of benzene rings is 2. The molecule has 1 atom stereocenters. The molecule has 0 bridgehead atoms. The van der Waals surface area contributed by atoms with E-state index in [1.54, 1.807) is 17.2 Å². The van der Waals surface area contributed by atoms with Crippen molar-refractivity contribution in [1.82, 2.24) is 9.97 Å². The zero-order chi connectivity index (χ0) is 20.2. The number of fused-ring (bicyclic) bond motifs is 1. The predicted octanol–water partition coefficient (Wildman–Crippen LogP) is 4.81. The second kappa shape index (κ2) is 8.43. The van der Waals surface area contributed by atoms with E-state index in [1.165, 1.54) is 17.5 Å². The van der Waals surface area contributed by atoms with Crippen molar-refractivity contribution in [2.45, 2.75) is 39.2 Å². The van der Waals surface area contributed by atoms with Gasteiger partial charge in [0.1, 0.15) is 5.82 Å². The molecular weight excluding hydrogens is 360 g/mol. The van der Waals surface area contributed by atoms with Crippen LogP contribution in [-0.4, -0.2) is 22.4 Å². The lowest BCUT2D eigenvalue weighted by molar-refractivity contribution is 0.0987. The number of hydrogen-bond acceptors (Lipinski definition) is 4. The smallest absolute Gasteiger partial charge is 0.259 e. The SMILES string of the molecule is CCN(C(=O)c1ccc2c(c1)CCC2)c1ccnc(N[C@H](C)c2ccccc2)n1. The van der Waals surface area contributed by atoms with Crippen LogP contribution in [0.4, 0.5) is 11.8 Å². The average Bonchev–Trinajstić information content (AvgIpc) is 3.23. The van der Waals surface area contributed by atoms with E-state index in [-0.39, 0.29) is 11.9 Å². The van der Waals surface area contributed by atoms with Gasteiger partial charge in [-0.1, -0.05) is 36.4 Å². The van der Waals surface area contributed by atoms with Crippen LogP contribution in [0.1, 0.15) is 53.4 Å². The molecule has 1 amide bonds. The molecule has 1 aliphatic carbocycles. The molecule has 1 aromatic heterocycles. The minimum absolute atomic E-state index is 0.0250. The minimum Gasteiger partial charge on any atom is -0.348 e. The van der Waals surface area contributed by atoms with Gasteiger partial charge in [0.25, 0.3) is 5.91 Å². The molecule has 1 aliphatic rings. The van der Waals surface area contributed by atoms with Crippen LogP contribution in [0, 0.1) is 0 Å². The molecule has 0 fully saturated rings. The maximum Gasteiger partial charge on any atom is 0.259 e. The molecule has 2 aromatic carbocycles. The van der Waals surface area contributed by atoms with E-state index in [0.717, 1.165) is 24.0 Å². The molecule has 1 heterocycles. The fraction of sp³-hybridized carbons (Fsp3) is 0.292. The van der Waals surface area contributed by atoms with Gasteiger partial charge in [-0.3, -0.25) is 9.69 Å². The number of aromatic nitrogens is 2. The van der Waals surface area contributed by atoms with Gasteiger partial charge in [-0.2, -0.15) is 4.98 Å². The van der Waals surface area contributed by atoms with E-state index in [2.05, 4.69) is 40.4 Å². The molecule has 29 heavy (non-hydrogen) atoms. The Bertz CT molecular complexity index is 1000. The molecule has 0 spiro atoms. The van der Waals surface area contributed by atoms with Crippen molar-refractivity contribution in [3.8, 4) is 0 Å². The lowest BCUT2D eigenvalue weighted by Crippen LogP contribution is -2.31. The number of anilines is 2. The summed E-state index contributed by atoms with van der Waals surface area (Å²) in [6.45, 7) is 4.58. The molecule has 3 aromatic rings. The summed E-state index contributed by atoms with van der Waals surface area (Å²) in [5, 5.41) is 3.33. The summed E-state index contributed by atoms with van der Waals surface area (Å²) in [5.74, 6) is 1.10. The van der Waals surface area contributed by atoms with Crippen molar-refractivity contribution in [2.24, 2.45) is 0 Å². The Hall–Kier alpha value is -3.21. The predicted molar refractivity (Wildman–Crippen MR) is 116 cm³/mol. The second-order valence-corrected chi connectivity index (χ2v) is 7.40. The molecule has 5 nitrogen and oxygen atoms in total. The first kappa shape index (κ1) is 19.1. The quantitative estimate of drug-likeness (QED) is 0.661. The summed E-state index contributed by atoms with van der Waals surface area (Å²) >= 11 is 0. The Kier molecular flexibility index (Phi) is 5.56. The first-order valence-electron chi connectivity index (χ1n) is 10.2. The minimum atomic E-state index is -0.0250. The van der Waals surface area contributed by atoms with Gasteiger partial charge in [-0.15, -0.1) is 0 Å². The van der Waals surface area contributed by atoms with Crippen molar-refractivity contribution in [3.63, 3.8) is 0 Å². The molecule has 4 rings (SSSR count). The van der Waals surface area contributed by atoms with Gasteiger partial charge < -0.3 is 5.32 Å². The number of nitrogens with one attached hydrogen (secondary N) is 1. The first-order valence-corrected chi connectivity index (χ1v) is 10.2. The largest absolute Gasteiger partial charge is 0.348 e. The average molecular weight is 386 g/mol. The maximum atomic E-state index is 13.2. The monoisotopic (exact) mass is 386 g/mol. The van der Waals surface area contributed by atoms with Gasteiger partial charge in [0.15, 0.2) is 0 Å². The van der Waals surface area contributed by atoms with E-state index in [4.69, 9.17) is 0 Å². The topological polar surface area (TPSA) is 58.1 Å². The normalized spacial score (nSPS) is 13.6. The number of carbonyl (C=O) groups excluding carboxylic acids is 1. The Labute approximate surface area is 171 Å². The van der Waals surface area contributed by atoms with Crippen LogP contribution < -0.4 is 10.2 Å². The van der Waals surface area contributed by atoms with Crippen molar-refractivity contribution in [2.75, 3.05) is 16.8 Å². The number of rotatable bonds is 6. The van der Waals surface area contributed by atoms with Gasteiger partial charge in [0.2, 0.25) is 5.95 Å². The second-order valence-electron chi connectivity index (χ2n) is 7.40. The Morgan fingerprint density at radius 3 is 2.69 bits per heavy atom. The van der Waals surface area contributed by atoms with E-state index < -0.39 is 0 Å². The molecule has 1 N–H and O–H groups in total. The summed E-state index contributed by atoms with van der Waals surface area (Å²) < 4.78 is 0. The van der Waals surface area contributed by atoms with E-state index >= 15 is 0 Å². The number of carbonyl (C=O) groups is 1. The third-order valence-corrected chi connectivity index (χ3v) is 5.47. The zero-order valence-electron chi connectivity index (χ0n) is 16.9. The van der Waals surface area contributed by atoms with Crippen LogP contribution in [0.5, 0.6) is 0 Å². The molecular formula is C24H26N4O. The summed E-state index contributed by atoms with van der Waals surface area (Å²) in [7, 11) is 0. The summed E-state index contributed by atoms with van der Waals surface area (Å²) in [4.78, 5) is 23.8. The molecule has 148 valence electrons. The van der Waals surface area contributed by atoms with Gasteiger partial charge in [0.05, 0.1) is 6.04 Å². The third kappa shape index (κ3) is 4.14.